The maximum atomic E-state index is 5.59. The molecule has 0 aliphatic carbocycles. The van der Waals surface area contributed by atoms with Crippen molar-refractivity contribution in [2.75, 3.05) is 11.9 Å². The van der Waals surface area contributed by atoms with Crippen molar-refractivity contribution in [3.63, 3.8) is 0 Å². The molecule has 0 saturated carbocycles. The average molecular weight is 326 g/mol. The number of hydrogen-bond acceptors (Lipinski definition) is 3. The van der Waals surface area contributed by atoms with Crippen LogP contribution in [-0.4, -0.2) is 6.61 Å². The topological polar surface area (TPSA) is 21.3 Å². The van der Waals surface area contributed by atoms with E-state index in [0.717, 1.165) is 18.0 Å². The molecule has 0 radical (unpaired) electrons. The predicted octanol–water partition coefficient (Wildman–Crippen LogP) is 4.83. The molecule has 0 amide bonds. The minimum absolute atomic E-state index is 0.683. The molecule has 0 bridgehead atoms. The van der Waals surface area contributed by atoms with Gasteiger partial charge in [0.15, 0.2) is 0 Å². The Bertz CT molecular complexity index is 505. The van der Waals surface area contributed by atoms with E-state index >= 15 is 0 Å². The Labute approximate surface area is 120 Å². The number of para-hydroxylation sites is 2. The van der Waals surface area contributed by atoms with Crippen LogP contribution in [0.3, 0.4) is 0 Å². The van der Waals surface area contributed by atoms with Crippen LogP contribution in [-0.2, 0) is 6.54 Å². The first-order valence-electron chi connectivity index (χ1n) is 5.91. The molecular weight excluding hydrogens is 310 g/mol. The lowest BCUT2D eigenvalue weighted by atomic mass is 10.3. The summed E-state index contributed by atoms with van der Waals surface area (Å²) >= 11 is 5.34. The van der Waals surface area contributed by atoms with Gasteiger partial charge in [0.2, 0.25) is 0 Å². The zero-order valence-corrected chi connectivity index (χ0v) is 12.9. The molecule has 2 rings (SSSR count). The summed E-state index contributed by atoms with van der Waals surface area (Å²) in [5.41, 5.74) is 1.04. The van der Waals surface area contributed by atoms with E-state index in [4.69, 9.17) is 4.74 Å². The van der Waals surface area contributed by atoms with E-state index in [2.05, 4.69) is 34.2 Å². The third-order valence-electron chi connectivity index (χ3n) is 2.55. The maximum Gasteiger partial charge on any atom is 0.142 e. The van der Waals surface area contributed by atoms with Crippen LogP contribution in [0.25, 0.3) is 0 Å². The van der Waals surface area contributed by atoms with Crippen molar-refractivity contribution in [1.29, 1.82) is 0 Å². The Morgan fingerprint density at radius 3 is 2.78 bits per heavy atom. The van der Waals surface area contributed by atoms with Gasteiger partial charge in [0.1, 0.15) is 5.75 Å². The lowest BCUT2D eigenvalue weighted by Gasteiger charge is -2.11. The van der Waals surface area contributed by atoms with Gasteiger partial charge in [-0.2, -0.15) is 0 Å². The van der Waals surface area contributed by atoms with Gasteiger partial charge in [-0.3, -0.25) is 0 Å². The highest BCUT2D eigenvalue weighted by atomic mass is 79.9. The largest absolute Gasteiger partial charge is 0.492 e. The van der Waals surface area contributed by atoms with Gasteiger partial charge in [0.05, 0.1) is 12.3 Å². The van der Waals surface area contributed by atoms with Crippen molar-refractivity contribution < 1.29 is 4.74 Å². The van der Waals surface area contributed by atoms with Crippen LogP contribution in [0.5, 0.6) is 5.75 Å². The van der Waals surface area contributed by atoms with E-state index in [1.165, 1.54) is 14.2 Å². The van der Waals surface area contributed by atoms with Gasteiger partial charge in [0, 0.05) is 20.8 Å². The zero-order chi connectivity index (χ0) is 13.0. The van der Waals surface area contributed by atoms with Crippen LogP contribution >= 0.6 is 27.3 Å². The van der Waals surface area contributed by atoms with Crippen molar-refractivity contribution in [3.8, 4) is 5.75 Å². The zero-order valence-electron chi connectivity index (χ0n) is 10.5. The molecule has 2 nitrogen and oxygen atoms in total. The molecule has 0 spiro atoms. The number of anilines is 1. The molecule has 0 aliphatic heterocycles. The van der Waals surface area contributed by atoms with Crippen LogP contribution < -0.4 is 10.1 Å². The summed E-state index contributed by atoms with van der Waals surface area (Å²) in [6.45, 7) is 5.62. The van der Waals surface area contributed by atoms with E-state index in [1.54, 1.807) is 11.3 Å². The molecule has 1 aromatic heterocycles. The van der Waals surface area contributed by atoms with Crippen molar-refractivity contribution in [2.24, 2.45) is 0 Å². The minimum atomic E-state index is 0.683. The van der Waals surface area contributed by atoms with E-state index in [1.807, 2.05) is 31.2 Å². The third kappa shape index (κ3) is 3.27. The van der Waals surface area contributed by atoms with Gasteiger partial charge in [-0.15, -0.1) is 11.3 Å². The number of nitrogens with one attached hydrogen (secondary N) is 1. The van der Waals surface area contributed by atoms with Crippen LogP contribution in [0, 0.1) is 6.92 Å². The molecule has 0 fully saturated rings. The quantitative estimate of drug-likeness (QED) is 0.850. The summed E-state index contributed by atoms with van der Waals surface area (Å²) in [5, 5.41) is 3.42. The van der Waals surface area contributed by atoms with Gasteiger partial charge in [-0.1, -0.05) is 12.1 Å². The monoisotopic (exact) mass is 325 g/mol. The molecular formula is C14H16BrNOS. The van der Waals surface area contributed by atoms with E-state index in [9.17, 15) is 0 Å². The van der Waals surface area contributed by atoms with Gasteiger partial charge >= 0.3 is 0 Å². The molecule has 2 aromatic rings. The van der Waals surface area contributed by atoms with E-state index in [0.29, 0.717) is 6.61 Å². The molecule has 0 atom stereocenters. The summed E-state index contributed by atoms with van der Waals surface area (Å²) in [6, 6.07) is 10.2. The Balaban J connectivity index is 2.05. The highest BCUT2D eigenvalue weighted by Gasteiger charge is 2.05. The molecule has 1 aromatic carbocycles. The summed E-state index contributed by atoms with van der Waals surface area (Å²) in [7, 11) is 0. The van der Waals surface area contributed by atoms with Crippen LogP contribution in [0.4, 0.5) is 5.69 Å². The number of rotatable bonds is 5. The normalized spacial score (nSPS) is 10.4. The van der Waals surface area contributed by atoms with Gasteiger partial charge in [-0.25, -0.2) is 0 Å². The fourth-order valence-corrected chi connectivity index (χ4v) is 3.22. The molecule has 1 N–H and O–H groups in total. The number of aryl methyl sites for hydroxylation is 1. The van der Waals surface area contributed by atoms with Crippen LogP contribution in [0.1, 0.15) is 16.7 Å². The highest BCUT2D eigenvalue weighted by molar-refractivity contribution is 9.10. The molecule has 0 unspecified atom stereocenters. The first-order valence-corrected chi connectivity index (χ1v) is 7.52. The second-order valence-electron chi connectivity index (χ2n) is 3.90. The Morgan fingerprint density at radius 1 is 1.33 bits per heavy atom. The third-order valence-corrected chi connectivity index (χ3v) is 4.68. The number of hydrogen-bond donors (Lipinski definition) is 1. The van der Waals surface area contributed by atoms with Gasteiger partial charge in [0.25, 0.3) is 0 Å². The molecule has 4 heteroatoms. The molecule has 96 valence electrons. The summed E-state index contributed by atoms with van der Waals surface area (Å²) in [5.74, 6) is 0.910. The number of thiophene rings is 1. The van der Waals surface area contributed by atoms with E-state index in [-0.39, 0.29) is 0 Å². The number of halogens is 1. The van der Waals surface area contributed by atoms with Crippen molar-refractivity contribution in [2.45, 2.75) is 20.4 Å². The lowest BCUT2D eigenvalue weighted by molar-refractivity contribution is 0.341. The standard InChI is InChI=1S/C14H16BrNOS/c1-3-17-14-7-5-4-6-13(14)16-9-11-8-12(15)10(2)18-11/h4-8,16H,3,9H2,1-2H3. The van der Waals surface area contributed by atoms with E-state index < -0.39 is 0 Å². The van der Waals surface area contributed by atoms with Gasteiger partial charge < -0.3 is 10.1 Å². The molecule has 1 heterocycles. The summed E-state index contributed by atoms with van der Waals surface area (Å²) in [4.78, 5) is 2.62. The van der Waals surface area contributed by atoms with Crippen molar-refractivity contribution >= 4 is 33.0 Å². The van der Waals surface area contributed by atoms with Crippen LogP contribution in [0.15, 0.2) is 34.8 Å². The first-order chi connectivity index (χ1) is 8.70. The first kappa shape index (κ1) is 13.4. The molecule has 18 heavy (non-hydrogen) atoms. The SMILES string of the molecule is CCOc1ccccc1NCc1cc(Br)c(C)s1. The van der Waals surface area contributed by atoms with Crippen molar-refractivity contribution in [1.82, 2.24) is 0 Å². The van der Waals surface area contributed by atoms with Gasteiger partial charge in [-0.05, 0) is 48.0 Å². The lowest BCUT2D eigenvalue weighted by Crippen LogP contribution is -2.01. The second-order valence-corrected chi connectivity index (χ2v) is 6.09. The molecule has 0 saturated heterocycles. The molecule has 0 aliphatic rings. The Morgan fingerprint density at radius 2 is 2.11 bits per heavy atom. The Kier molecular flexibility index (Phi) is 4.66. The number of benzene rings is 1. The number of ether oxygens (including phenoxy) is 1. The minimum Gasteiger partial charge on any atom is -0.492 e. The highest BCUT2D eigenvalue weighted by Crippen LogP contribution is 2.28. The smallest absolute Gasteiger partial charge is 0.142 e. The second kappa shape index (κ2) is 6.25. The van der Waals surface area contributed by atoms with Crippen molar-refractivity contribution in [3.05, 3.63) is 44.6 Å². The fourth-order valence-electron chi connectivity index (χ4n) is 1.68. The summed E-state index contributed by atoms with van der Waals surface area (Å²) in [6.07, 6.45) is 0. The average Bonchev–Trinajstić information content (AvgIpc) is 2.68. The predicted molar refractivity (Wildman–Crippen MR) is 81.7 cm³/mol. The summed E-state index contributed by atoms with van der Waals surface area (Å²) < 4.78 is 6.77. The van der Waals surface area contributed by atoms with Crippen LogP contribution in [0.2, 0.25) is 0 Å². The fraction of sp³-hybridized carbons (Fsp3) is 0.286. The Hall–Kier alpha value is -1.000. The maximum absolute atomic E-state index is 5.59.